The van der Waals surface area contributed by atoms with E-state index in [9.17, 15) is 4.39 Å². The Morgan fingerprint density at radius 1 is 1.33 bits per heavy atom. The number of benzene rings is 1. The van der Waals surface area contributed by atoms with Crippen LogP contribution in [-0.2, 0) is 6.42 Å². The topological polar surface area (TPSA) is 24.9 Å². The maximum absolute atomic E-state index is 13.2. The van der Waals surface area contributed by atoms with Gasteiger partial charge in [-0.15, -0.1) is 0 Å². The van der Waals surface area contributed by atoms with Gasteiger partial charge in [-0.25, -0.2) is 4.39 Å². The normalized spacial score (nSPS) is 12.4. The third kappa shape index (κ3) is 4.35. The van der Waals surface area contributed by atoms with Crippen molar-refractivity contribution in [2.45, 2.75) is 32.7 Å². The van der Waals surface area contributed by atoms with Crippen molar-refractivity contribution in [3.8, 4) is 0 Å². The highest BCUT2D eigenvalue weighted by atomic mass is 79.9. The largest absolute Gasteiger partial charge is 0.308 e. The highest BCUT2D eigenvalue weighted by Gasteiger charge is 2.16. The van der Waals surface area contributed by atoms with E-state index in [4.69, 9.17) is 0 Å². The minimum absolute atomic E-state index is 0.115. The van der Waals surface area contributed by atoms with Crippen LogP contribution in [0.4, 0.5) is 4.39 Å². The molecule has 1 N–H and O–H groups in total. The van der Waals surface area contributed by atoms with Gasteiger partial charge in [0, 0.05) is 10.7 Å². The molecule has 0 radical (unpaired) electrons. The maximum Gasteiger partial charge on any atom is 0.123 e. The quantitative estimate of drug-likeness (QED) is 0.824. The summed E-state index contributed by atoms with van der Waals surface area (Å²) >= 11 is 3.57. The van der Waals surface area contributed by atoms with Gasteiger partial charge in [0.1, 0.15) is 5.82 Å². The number of aryl methyl sites for hydroxylation is 1. The minimum Gasteiger partial charge on any atom is -0.308 e. The van der Waals surface area contributed by atoms with Crippen molar-refractivity contribution in [3.05, 3.63) is 63.6 Å². The molecule has 0 bridgehead atoms. The fourth-order valence-corrected chi connectivity index (χ4v) is 2.88. The van der Waals surface area contributed by atoms with Gasteiger partial charge in [-0.1, -0.05) is 13.0 Å². The second kappa shape index (κ2) is 7.66. The van der Waals surface area contributed by atoms with Gasteiger partial charge in [0.15, 0.2) is 0 Å². The first-order valence-electron chi connectivity index (χ1n) is 7.20. The lowest BCUT2D eigenvalue weighted by Gasteiger charge is -2.20. The Balaban J connectivity index is 2.26. The molecule has 2 rings (SSSR count). The Kier molecular flexibility index (Phi) is 5.88. The maximum atomic E-state index is 13.2. The van der Waals surface area contributed by atoms with Crippen LogP contribution in [-0.4, -0.2) is 11.5 Å². The van der Waals surface area contributed by atoms with Crippen LogP contribution in [0.2, 0.25) is 0 Å². The van der Waals surface area contributed by atoms with Gasteiger partial charge in [0.25, 0.3) is 0 Å². The first-order chi connectivity index (χ1) is 10.1. The summed E-state index contributed by atoms with van der Waals surface area (Å²) in [4.78, 5) is 4.49. The van der Waals surface area contributed by atoms with Crippen LogP contribution in [0.15, 0.2) is 41.0 Å². The van der Waals surface area contributed by atoms with Crippen LogP contribution in [0.5, 0.6) is 0 Å². The third-order valence-electron chi connectivity index (χ3n) is 3.49. The van der Waals surface area contributed by atoms with E-state index in [1.807, 2.05) is 25.1 Å². The molecule has 0 aliphatic rings. The molecule has 0 amide bonds. The van der Waals surface area contributed by atoms with E-state index in [2.05, 4.69) is 33.2 Å². The van der Waals surface area contributed by atoms with Crippen LogP contribution in [0.3, 0.4) is 0 Å². The van der Waals surface area contributed by atoms with Crippen molar-refractivity contribution >= 4 is 15.9 Å². The minimum atomic E-state index is -0.187. The van der Waals surface area contributed by atoms with Crippen LogP contribution in [0.25, 0.3) is 0 Å². The van der Waals surface area contributed by atoms with Crippen LogP contribution < -0.4 is 5.32 Å². The molecule has 0 saturated heterocycles. The van der Waals surface area contributed by atoms with Crippen molar-refractivity contribution in [3.63, 3.8) is 0 Å². The molecule has 112 valence electrons. The zero-order valence-corrected chi connectivity index (χ0v) is 14.0. The fourth-order valence-electron chi connectivity index (χ4n) is 2.35. The third-order valence-corrected chi connectivity index (χ3v) is 4.16. The first-order valence-corrected chi connectivity index (χ1v) is 8.00. The van der Waals surface area contributed by atoms with Crippen molar-refractivity contribution < 1.29 is 4.39 Å². The number of hydrogen-bond donors (Lipinski definition) is 1. The standard InChI is InChI=1S/C17H20BrFN2/c1-3-8-20-16(17-15(18)5-4-9-21-17)11-13-6-7-14(19)10-12(13)2/h4-7,9-10,16,20H,3,8,11H2,1-2H3. The Bertz CT molecular complexity index is 601. The number of rotatable bonds is 6. The highest BCUT2D eigenvalue weighted by molar-refractivity contribution is 9.10. The molecule has 1 atom stereocenters. The van der Waals surface area contributed by atoms with Crippen LogP contribution >= 0.6 is 15.9 Å². The average Bonchev–Trinajstić information content (AvgIpc) is 2.46. The smallest absolute Gasteiger partial charge is 0.123 e. The molecular weight excluding hydrogens is 331 g/mol. The van der Waals surface area contributed by atoms with Gasteiger partial charge in [0.05, 0.1) is 11.7 Å². The van der Waals surface area contributed by atoms with E-state index >= 15 is 0 Å². The summed E-state index contributed by atoms with van der Waals surface area (Å²) in [5.41, 5.74) is 3.11. The predicted molar refractivity (Wildman–Crippen MR) is 87.8 cm³/mol. The van der Waals surface area contributed by atoms with Crippen molar-refractivity contribution in [2.75, 3.05) is 6.54 Å². The molecule has 2 nitrogen and oxygen atoms in total. The number of hydrogen-bond acceptors (Lipinski definition) is 2. The molecule has 1 heterocycles. The second-order valence-corrected chi connectivity index (χ2v) is 6.01. The molecule has 4 heteroatoms. The number of nitrogens with zero attached hydrogens (tertiary/aromatic N) is 1. The van der Waals surface area contributed by atoms with Gasteiger partial charge < -0.3 is 5.32 Å². The Morgan fingerprint density at radius 3 is 2.81 bits per heavy atom. The average molecular weight is 351 g/mol. The SMILES string of the molecule is CCCNC(Cc1ccc(F)cc1C)c1ncccc1Br. The second-order valence-electron chi connectivity index (χ2n) is 5.15. The molecular formula is C17H20BrFN2. The number of pyridine rings is 1. The van der Waals surface area contributed by atoms with E-state index in [-0.39, 0.29) is 11.9 Å². The van der Waals surface area contributed by atoms with E-state index in [0.29, 0.717) is 0 Å². The molecule has 0 aliphatic heterocycles. The fraction of sp³-hybridized carbons (Fsp3) is 0.353. The first kappa shape index (κ1) is 16.1. The molecule has 0 spiro atoms. The lowest BCUT2D eigenvalue weighted by atomic mass is 9.98. The monoisotopic (exact) mass is 350 g/mol. The Labute approximate surface area is 133 Å². The van der Waals surface area contributed by atoms with Gasteiger partial charge >= 0.3 is 0 Å². The van der Waals surface area contributed by atoms with Gasteiger partial charge in [-0.3, -0.25) is 4.98 Å². The molecule has 0 aliphatic carbocycles. The molecule has 1 aromatic carbocycles. The van der Waals surface area contributed by atoms with Crippen molar-refractivity contribution in [1.82, 2.24) is 10.3 Å². The number of halogens is 2. The lowest BCUT2D eigenvalue weighted by molar-refractivity contribution is 0.514. The molecule has 1 aromatic heterocycles. The van der Waals surface area contributed by atoms with Crippen molar-refractivity contribution in [1.29, 1.82) is 0 Å². The Hall–Kier alpha value is -1.26. The zero-order chi connectivity index (χ0) is 15.2. The summed E-state index contributed by atoms with van der Waals surface area (Å²) in [6.07, 6.45) is 3.66. The van der Waals surface area contributed by atoms with Crippen LogP contribution in [0, 0.1) is 12.7 Å². The summed E-state index contributed by atoms with van der Waals surface area (Å²) in [5, 5.41) is 3.53. The summed E-state index contributed by atoms with van der Waals surface area (Å²) < 4.78 is 14.2. The molecule has 21 heavy (non-hydrogen) atoms. The van der Waals surface area contributed by atoms with Crippen molar-refractivity contribution in [2.24, 2.45) is 0 Å². The Morgan fingerprint density at radius 2 is 2.14 bits per heavy atom. The summed E-state index contributed by atoms with van der Waals surface area (Å²) in [5.74, 6) is -0.187. The van der Waals surface area contributed by atoms with Gasteiger partial charge in [0.2, 0.25) is 0 Å². The van der Waals surface area contributed by atoms with Crippen LogP contribution in [0.1, 0.15) is 36.2 Å². The predicted octanol–water partition coefficient (Wildman–Crippen LogP) is 4.58. The molecule has 0 fully saturated rings. The molecule has 2 aromatic rings. The summed E-state index contributed by atoms with van der Waals surface area (Å²) in [6.45, 7) is 5.01. The summed E-state index contributed by atoms with van der Waals surface area (Å²) in [6, 6.07) is 8.99. The number of nitrogens with one attached hydrogen (secondary N) is 1. The van der Waals surface area contributed by atoms with Gasteiger partial charge in [-0.05, 0) is 77.6 Å². The number of aromatic nitrogens is 1. The van der Waals surface area contributed by atoms with E-state index < -0.39 is 0 Å². The zero-order valence-electron chi connectivity index (χ0n) is 12.4. The summed E-state index contributed by atoms with van der Waals surface area (Å²) in [7, 11) is 0. The van der Waals surface area contributed by atoms with Gasteiger partial charge in [-0.2, -0.15) is 0 Å². The van der Waals surface area contributed by atoms with E-state index in [1.165, 1.54) is 6.07 Å². The lowest BCUT2D eigenvalue weighted by Crippen LogP contribution is -2.25. The molecule has 0 saturated carbocycles. The van der Waals surface area contributed by atoms with E-state index in [0.717, 1.165) is 40.7 Å². The highest BCUT2D eigenvalue weighted by Crippen LogP contribution is 2.25. The molecule has 1 unspecified atom stereocenters. The van der Waals surface area contributed by atoms with E-state index in [1.54, 1.807) is 12.3 Å².